The summed E-state index contributed by atoms with van der Waals surface area (Å²) in [5.41, 5.74) is 2.31. The van der Waals surface area contributed by atoms with E-state index in [-0.39, 0.29) is 0 Å². The normalized spacial score (nSPS) is 12.8. The summed E-state index contributed by atoms with van der Waals surface area (Å²) in [6.45, 7) is 1.77. The minimum atomic E-state index is -0.691. The molecule has 0 aromatic heterocycles. The number of amides is 2. The van der Waals surface area contributed by atoms with Gasteiger partial charge in [0, 0.05) is 24.5 Å². The maximum Gasteiger partial charge on any atom is 0.316 e. The molecule has 7 heteroatoms. The zero-order valence-electron chi connectivity index (χ0n) is 15.4. The highest BCUT2D eigenvalue weighted by Gasteiger charge is 2.28. The van der Waals surface area contributed by atoms with Gasteiger partial charge in [0.2, 0.25) is 0 Å². The maximum absolute atomic E-state index is 12.5. The Labute approximate surface area is 163 Å². The summed E-state index contributed by atoms with van der Waals surface area (Å²) in [7, 11) is 3.92. The lowest BCUT2D eigenvalue weighted by Gasteiger charge is -2.17. The van der Waals surface area contributed by atoms with Gasteiger partial charge in [0.15, 0.2) is 0 Å². The van der Waals surface area contributed by atoms with E-state index in [9.17, 15) is 9.59 Å². The highest BCUT2D eigenvalue weighted by Crippen LogP contribution is 2.29. The lowest BCUT2D eigenvalue weighted by atomic mass is 10.2. The molecule has 6 nitrogen and oxygen atoms in total. The van der Waals surface area contributed by atoms with Gasteiger partial charge in [-0.25, -0.2) is 0 Å². The summed E-state index contributed by atoms with van der Waals surface area (Å²) < 4.78 is 5.61. The van der Waals surface area contributed by atoms with Crippen LogP contribution in [0.3, 0.4) is 0 Å². The Morgan fingerprint density at radius 2 is 2.00 bits per heavy atom. The smallest absolute Gasteiger partial charge is 0.316 e. The third kappa shape index (κ3) is 4.59. The Kier molecular flexibility index (Phi) is 5.98. The largest absolute Gasteiger partial charge is 0.491 e. The summed E-state index contributed by atoms with van der Waals surface area (Å²) >= 11 is 6.22. The number of likely N-dealkylation sites (N-methyl/N-ethyl adjacent to an activating group) is 1. The van der Waals surface area contributed by atoms with Crippen molar-refractivity contribution in [3.05, 3.63) is 53.1 Å². The number of benzene rings is 2. The van der Waals surface area contributed by atoms with E-state index in [4.69, 9.17) is 16.3 Å². The van der Waals surface area contributed by atoms with Crippen LogP contribution in [0.5, 0.6) is 5.75 Å². The first kappa shape index (κ1) is 19.2. The van der Waals surface area contributed by atoms with Gasteiger partial charge in [-0.2, -0.15) is 0 Å². The van der Waals surface area contributed by atoms with Crippen LogP contribution >= 0.6 is 11.6 Å². The molecule has 142 valence electrons. The molecule has 2 aromatic rings. The molecule has 0 saturated carbocycles. The van der Waals surface area contributed by atoms with E-state index in [2.05, 4.69) is 5.32 Å². The summed E-state index contributed by atoms with van der Waals surface area (Å²) in [5, 5.41) is 2.99. The summed E-state index contributed by atoms with van der Waals surface area (Å²) in [6.07, 6.45) is 0.750. The van der Waals surface area contributed by atoms with Gasteiger partial charge in [-0.15, -0.1) is 0 Å². The number of carbonyl (C=O) groups excluding carboxylic acids is 2. The first-order valence-corrected chi connectivity index (χ1v) is 9.11. The van der Waals surface area contributed by atoms with Gasteiger partial charge in [0.05, 0.1) is 5.02 Å². The molecule has 3 rings (SSSR count). The fraction of sp³-hybridized carbons (Fsp3) is 0.300. The Hall–Kier alpha value is -2.57. The fourth-order valence-electron chi connectivity index (χ4n) is 2.89. The molecule has 1 aliphatic heterocycles. The van der Waals surface area contributed by atoms with E-state index >= 15 is 0 Å². The number of halogens is 1. The Morgan fingerprint density at radius 1 is 1.22 bits per heavy atom. The average Bonchev–Trinajstić information content (AvgIpc) is 3.06. The average molecular weight is 388 g/mol. The predicted molar refractivity (Wildman–Crippen MR) is 107 cm³/mol. The topological polar surface area (TPSA) is 61.9 Å². The Balaban J connectivity index is 1.62. The number of hydrogen-bond donors (Lipinski definition) is 1. The van der Waals surface area contributed by atoms with Crippen molar-refractivity contribution in [2.75, 3.05) is 44.0 Å². The van der Waals surface area contributed by atoms with Crippen molar-refractivity contribution in [2.24, 2.45) is 0 Å². The second-order valence-corrected chi connectivity index (χ2v) is 6.99. The van der Waals surface area contributed by atoms with Crippen molar-refractivity contribution in [2.45, 2.75) is 6.42 Å². The molecular formula is C20H22ClN3O3. The van der Waals surface area contributed by atoms with Gasteiger partial charge in [-0.3, -0.25) is 9.59 Å². The van der Waals surface area contributed by atoms with Gasteiger partial charge in [-0.1, -0.05) is 29.8 Å². The van der Waals surface area contributed by atoms with E-state index in [1.54, 1.807) is 18.2 Å². The van der Waals surface area contributed by atoms with E-state index in [1.807, 2.05) is 43.3 Å². The van der Waals surface area contributed by atoms with Gasteiger partial charge in [0.25, 0.3) is 0 Å². The minimum absolute atomic E-state index is 0.380. The van der Waals surface area contributed by atoms with Crippen molar-refractivity contribution in [3.63, 3.8) is 0 Å². The number of carbonyl (C=O) groups is 2. The number of ether oxygens (including phenoxy) is 1. The minimum Gasteiger partial charge on any atom is -0.491 e. The quantitative estimate of drug-likeness (QED) is 0.801. The van der Waals surface area contributed by atoms with Crippen LogP contribution in [0.25, 0.3) is 0 Å². The van der Waals surface area contributed by atoms with Crippen molar-refractivity contribution in [1.82, 2.24) is 4.90 Å². The van der Waals surface area contributed by atoms with Crippen LogP contribution in [0.1, 0.15) is 5.56 Å². The summed E-state index contributed by atoms with van der Waals surface area (Å²) in [5.74, 6) is -0.734. The molecule has 0 unspecified atom stereocenters. The second-order valence-electron chi connectivity index (χ2n) is 6.59. The molecule has 0 saturated heterocycles. The van der Waals surface area contributed by atoms with E-state index in [0.717, 1.165) is 24.2 Å². The highest BCUT2D eigenvalue weighted by molar-refractivity contribution is 6.44. The maximum atomic E-state index is 12.5. The summed E-state index contributed by atoms with van der Waals surface area (Å²) in [4.78, 5) is 28.4. The van der Waals surface area contributed by atoms with Crippen LogP contribution in [0, 0.1) is 0 Å². The number of nitrogens with zero attached hydrogens (tertiary/aromatic N) is 2. The van der Waals surface area contributed by atoms with E-state index in [1.165, 1.54) is 4.90 Å². The first-order valence-electron chi connectivity index (χ1n) is 8.73. The van der Waals surface area contributed by atoms with Gasteiger partial charge in [-0.05, 0) is 50.3 Å². The summed E-state index contributed by atoms with van der Waals surface area (Å²) in [6, 6.07) is 12.5. The van der Waals surface area contributed by atoms with Crippen molar-refractivity contribution >= 4 is 34.8 Å². The lowest BCUT2D eigenvalue weighted by Crippen LogP contribution is -2.38. The number of para-hydroxylation sites is 1. The molecular weight excluding hydrogens is 366 g/mol. The molecule has 27 heavy (non-hydrogen) atoms. The molecule has 1 N–H and O–H groups in total. The molecule has 0 spiro atoms. The van der Waals surface area contributed by atoms with Crippen molar-refractivity contribution in [3.8, 4) is 5.75 Å². The molecule has 0 radical (unpaired) electrons. The lowest BCUT2D eigenvalue weighted by molar-refractivity contribution is -0.134. The third-order valence-corrected chi connectivity index (χ3v) is 4.61. The molecule has 0 fully saturated rings. The van der Waals surface area contributed by atoms with E-state index < -0.39 is 11.8 Å². The third-order valence-electron chi connectivity index (χ3n) is 4.31. The predicted octanol–water partition coefficient (Wildman–Crippen LogP) is 2.81. The number of nitrogens with one attached hydrogen (secondary N) is 1. The van der Waals surface area contributed by atoms with Crippen molar-refractivity contribution in [1.29, 1.82) is 0 Å². The van der Waals surface area contributed by atoms with E-state index in [0.29, 0.717) is 29.6 Å². The molecule has 1 aliphatic rings. The highest BCUT2D eigenvalue weighted by atomic mass is 35.5. The van der Waals surface area contributed by atoms with Crippen LogP contribution in [0.15, 0.2) is 42.5 Å². The van der Waals surface area contributed by atoms with Crippen LogP contribution in [0.2, 0.25) is 5.02 Å². The molecule has 2 aromatic carbocycles. The molecule has 2 amide bonds. The number of fused-ring (bicyclic) bond motifs is 1. The first-order chi connectivity index (χ1) is 13.0. The Morgan fingerprint density at radius 3 is 2.74 bits per heavy atom. The molecule has 0 bridgehead atoms. The molecule has 0 aliphatic carbocycles. The number of rotatable bonds is 5. The zero-order valence-corrected chi connectivity index (χ0v) is 16.1. The SMILES string of the molecule is CN(C)CCOc1ccc(NC(=O)C(=O)N2CCc3ccccc32)cc1Cl. The molecule has 1 heterocycles. The van der Waals surface area contributed by atoms with Crippen LogP contribution in [-0.4, -0.2) is 50.5 Å². The van der Waals surface area contributed by atoms with Crippen LogP contribution < -0.4 is 15.0 Å². The number of anilines is 2. The van der Waals surface area contributed by atoms with Crippen LogP contribution in [-0.2, 0) is 16.0 Å². The molecule has 0 atom stereocenters. The number of hydrogen-bond acceptors (Lipinski definition) is 4. The van der Waals surface area contributed by atoms with Gasteiger partial charge in [0.1, 0.15) is 12.4 Å². The second kappa shape index (κ2) is 8.41. The fourth-order valence-corrected chi connectivity index (χ4v) is 3.13. The monoisotopic (exact) mass is 387 g/mol. The Bertz CT molecular complexity index is 854. The van der Waals surface area contributed by atoms with Crippen molar-refractivity contribution < 1.29 is 14.3 Å². The van der Waals surface area contributed by atoms with Gasteiger partial charge >= 0.3 is 11.8 Å². The van der Waals surface area contributed by atoms with Gasteiger partial charge < -0.3 is 19.9 Å². The van der Waals surface area contributed by atoms with Crippen LogP contribution in [0.4, 0.5) is 11.4 Å². The standard InChI is InChI=1S/C20H22ClN3O3/c1-23(2)11-12-27-18-8-7-15(13-16(18)21)22-19(25)20(26)24-10-9-14-5-3-4-6-17(14)24/h3-8,13H,9-12H2,1-2H3,(H,22,25). The zero-order chi connectivity index (χ0) is 19.4.